The van der Waals surface area contributed by atoms with Crippen molar-refractivity contribution < 1.29 is 4.79 Å². The van der Waals surface area contributed by atoms with Crippen LogP contribution in [0.15, 0.2) is 18.2 Å². The van der Waals surface area contributed by atoms with Gasteiger partial charge in [-0.3, -0.25) is 4.79 Å². The van der Waals surface area contributed by atoms with E-state index in [2.05, 4.69) is 0 Å². The SMILES string of the molecule is CCN(C(=O)c1cc(N)ccc1N(C)C)C(C)C. The van der Waals surface area contributed by atoms with E-state index in [4.69, 9.17) is 5.73 Å². The third-order valence-corrected chi connectivity index (χ3v) is 2.96. The maximum Gasteiger partial charge on any atom is 0.256 e. The number of benzene rings is 1. The van der Waals surface area contributed by atoms with E-state index in [9.17, 15) is 4.79 Å². The maximum atomic E-state index is 12.5. The van der Waals surface area contributed by atoms with Crippen LogP contribution in [-0.2, 0) is 0 Å². The van der Waals surface area contributed by atoms with E-state index in [-0.39, 0.29) is 11.9 Å². The number of nitrogens with zero attached hydrogens (tertiary/aromatic N) is 2. The zero-order chi connectivity index (χ0) is 13.9. The summed E-state index contributed by atoms with van der Waals surface area (Å²) in [5, 5.41) is 0. The molecule has 2 N–H and O–H groups in total. The van der Waals surface area contributed by atoms with Crippen LogP contribution in [0.25, 0.3) is 0 Å². The molecule has 1 amide bonds. The van der Waals surface area contributed by atoms with Gasteiger partial charge in [-0.2, -0.15) is 0 Å². The lowest BCUT2D eigenvalue weighted by atomic mass is 10.1. The van der Waals surface area contributed by atoms with Gasteiger partial charge >= 0.3 is 0 Å². The second-order valence-corrected chi connectivity index (χ2v) is 4.86. The van der Waals surface area contributed by atoms with E-state index in [1.807, 2.05) is 56.8 Å². The van der Waals surface area contributed by atoms with Gasteiger partial charge < -0.3 is 15.5 Å². The van der Waals surface area contributed by atoms with Gasteiger partial charge in [-0.1, -0.05) is 0 Å². The lowest BCUT2D eigenvalue weighted by Crippen LogP contribution is -2.37. The van der Waals surface area contributed by atoms with E-state index in [1.165, 1.54) is 0 Å². The largest absolute Gasteiger partial charge is 0.399 e. The summed E-state index contributed by atoms with van der Waals surface area (Å²) in [7, 11) is 3.85. The highest BCUT2D eigenvalue weighted by molar-refractivity contribution is 6.00. The van der Waals surface area contributed by atoms with Gasteiger partial charge in [-0.25, -0.2) is 0 Å². The van der Waals surface area contributed by atoms with Crippen LogP contribution < -0.4 is 10.6 Å². The lowest BCUT2D eigenvalue weighted by Gasteiger charge is -2.27. The van der Waals surface area contributed by atoms with Crippen molar-refractivity contribution in [2.75, 3.05) is 31.3 Å². The number of rotatable bonds is 4. The van der Waals surface area contributed by atoms with Crippen LogP contribution in [0.2, 0.25) is 0 Å². The predicted octanol–water partition coefficient (Wildman–Crippen LogP) is 2.21. The first kappa shape index (κ1) is 14.4. The van der Waals surface area contributed by atoms with Crippen molar-refractivity contribution in [3.8, 4) is 0 Å². The standard InChI is InChI=1S/C14H23N3O/c1-6-17(10(2)3)14(18)12-9-11(15)7-8-13(12)16(4)5/h7-10H,6,15H2,1-5H3. The van der Waals surface area contributed by atoms with Crippen molar-refractivity contribution in [1.29, 1.82) is 0 Å². The molecule has 0 unspecified atom stereocenters. The molecule has 0 atom stereocenters. The van der Waals surface area contributed by atoms with Crippen LogP contribution in [0.3, 0.4) is 0 Å². The Balaban J connectivity index is 3.22. The molecule has 1 rings (SSSR count). The van der Waals surface area contributed by atoms with Gasteiger partial charge in [-0.05, 0) is 39.0 Å². The van der Waals surface area contributed by atoms with Gasteiger partial charge in [0.05, 0.1) is 5.56 Å². The topological polar surface area (TPSA) is 49.6 Å². The minimum Gasteiger partial charge on any atom is -0.399 e. The minimum atomic E-state index is 0.0310. The summed E-state index contributed by atoms with van der Waals surface area (Å²) < 4.78 is 0. The first-order valence-corrected chi connectivity index (χ1v) is 6.26. The normalized spacial score (nSPS) is 10.6. The van der Waals surface area contributed by atoms with Gasteiger partial charge in [0.1, 0.15) is 0 Å². The number of hydrogen-bond acceptors (Lipinski definition) is 3. The van der Waals surface area contributed by atoms with Crippen molar-refractivity contribution in [1.82, 2.24) is 4.90 Å². The molecule has 0 radical (unpaired) electrons. The van der Waals surface area contributed by atoms with Crippen LogP contribution in [0, 0.1) is 0 Å². The molecule has 0 spiro atoms. The molecular formula is C14H23N3O. The zero-order valence-corrected chi connectivity index (χ0v) is 11.9. The molecule has 0 aliphatic carbocycles. The monoisotopic (exact) mass is 249 g/mol. The van der Waals surface area contributed by atoms with E-state index in [0.717, 1.165) is 5.69 Å². The lowest BCUT2D eigenvalue weighted by molar-refractivity contribution is 0.0717. The van der Waals surface area contributed by atoms with E-state index in [1.54, 1.807) is 6.07 Å². The van der Waals surface area contributed by atoms with E-state index < -0.39 is 0 Å². The van der Waals surface area contributed by atoms with Gasteiger partial charge in [0.25, 0.3) is 5.91 Å². The van der Waals surface area contributed by atoms with E-state index in [0.29, 0.717) is 17.8 Å². The molecule has 1 aromatic carbocycles. The number of amides is 1. The molecule has 0 aliphatic heterocycles. The Morgan fingerprint density at radius 1 is 1.33 bits per heavy atom. The zero-order valence-electron chi connectivity index (χ0n) is 11.9. The Bertz CT molecular complexity index is 427. The summed E-state index contributed by atoms with van der Waals surface area (Å²) in [6, 6.07) is 5.64. The van der Waals surface area contributed by atoms with Crippen LogP contribution in [0.4, 0.5) is 11.4 Å². The van der Waals surface area contributed by atoms with Crippen LogP contribution in [0.1, 0.15) is 31.1 Å². The number of anilines is 2. The van der Waals surface area contributed by atoms with Gasteiger partial charge in [-0.15, -0.1) is 0 Å². The molecule has 0 saturated carbocycles. The molecule has 0 aliphatic rings. The molecule has 0 bridgehead atoms. The number of nitrogen functional groups attached to an aromatic ring is 1. The Morgan fingerprint density at radius 2 is 1.94 bits per heavy atom. The van der Waals surface area contributed by atoms with Gasteiger partial charge in [0, 0.05) is 38.1 Å². The molecular weight excluding hydrogens is 226 g/mol. The van der Waals surface area contributed by atoms with Gasteiger partial charge in [0.2, 0.25) is 0 Å². The average molecular weight is 249 g/mol. The summed E-state index contributed by atoms with van der Waals surface area (Å²) in [5.74, 6) is 0.0310. The molecule has 0 aromatic heterocycles. The van der Waals surface area contributed by atoms with Crippen molar-refractivity contribution in [3.05, 3.63) is 23.8 Å². The highest BCUT2D eigenvalue weighted by Crippen LogP contribution is 2.23. The fraction of sp³-hybridized carbons (Fsp3) is 0.500. The fourth-order valence-corrected chi connectivity index (χ4v) is 2.01. The van der Waals surface area contributed by atoms with Crippen LogP contribution in [-0.4, -0.2) is 37.5 Å². The molecule has 4 nitrogen and oxygen atoms in total. The van der Waals surface area contributed by atoms with Crippen molar-refractivity contribution >= 4 is 17.3 Å². The number of nitrogens with two attached hydrogens (primary N) is 1. The van der Waals surface area contributed by atoms with Crippen molar-refractivity contribution in [2.45, 2.75) is 26.8 Å². The Kier molecular flexibility index (Phi) is 4.59. The summed E-state index contributed by atoms with van der Waals surface area (Å²) in [6.07, 6.45) is 0. The third kappa shape index (κ3) is 2.94. The predicted molar refractivity (Wildman–Crippen MR) is 77.0 cm³/mol. The average Bonchev–Trinajstić information content (AvgIpc) is 2.28. The molecule has 0 heterocycles. The summed E-state index contributed by atoms with van der Waals surface area (Å²) >= 11 is 0. The quantitative estimate of drug-likeness (QED) is 0.832. The Morgan fingerprint density at radius 3 is 2.39 bits per heavy atom. The third-order valence-electron chi connectivity index (χ3n) is 2.96. The second-order valence-electron chi connectivity index (χ2n) is 4.86. The molecule has 18 heavy (non-hydrogen) atoms. The fourth-order valence-electron chi connectivity index (χ4n) is 2.01. The summed E-state index contributed by atoms with van der Waals surface area (Å²) in [6.45, 7) is 6.71. The highest BCUT2D eigenvalue weighted by Gasteiger charge is 2.20. The Hall–Kier alpha value is -1.71. The molecule has 0 saturated heterocycles. The van der Waals surface area contributed by atoms with Crippen LogP contribution in [0.5, 0.6) is 0 Å². The maximum absolute atomic E-state index is 12.5. The smallest absolute Gasteiger partial charge is 0.256 e. The molecule has 0 fully saturated rings. The number of carbonyl (C=O) groups excluding carboxylic acids is 1. The van der Waals surface area contributed by atoms with Crippen molar-refractivity contribution in [2.24, 2.45) is 0 Å². The molecule has 100 valence electrons. The highest BCUT2D eigenvalue weighted by atomic mass is 16.2. The van der Waals surface area contributed by atoms with Gasteiger partial charge in [0.15, 0.2) is 0 Å². The van der Waals surface area contributed by atoms with Crippen LogP contribution >= 0.6 is 0 Å². The second kappa shape index (κ2) is 5.76. The summed E-state index contributed by atoms with van der Waals surface area (Å²) in [5.41, 5.74) is 7.97. The molecule has 1 aromatic rings. The number of hydrogen-bond donors (Lipinski definition) is 1. The number of carbonyl (C=O) groups is 1. The van der Waals surface area contributed by atoms with Crippen molar-refractivity contribution in [3.63, 3.8) is 0 Å². The minimum absolute atomic E-state index is 0.0310. The first-order valence-electron chi connectivity index (χ1n) is 6.26. The first-order chi connectivity index (χ1) is 8.38. The summed E-state index contributed by atoms with van der Waals surface area (Å²) in [4.78, 5) is 16.3. The Labute approximate surface area is 109 Å². The molecule has 4 heteroatoms. The van der Waals surface area contributed by atoms with E-state index >= 15 is 0 Å².